The van der Waals surface area contributed by atoms with Gasteiger partial charge in [-0.25, -0.2) is 4.39 Å². The van der Waals surface area contributed by atoms with Crippen LogP contribution >= 0.6 is 12.4 Å². The molecule has 0 atom stereocenters. The number of hydrogen-bond acceptors (Lipinski definition) is 3. The zero-order chi connectivity index (χ0) is 15.6. The number of halogens is 2. The normalized spacial score (nSPS) is 21.6. The second-order valence-electron chi connectivity index (χ2n) is 6.33. The molecule has 2 N–H and O–H groups in total. The highest BCUT2D eigenvalue weighted by Crippen LogP contribution is 2.37. The van der Waals surface area contributed by atoms with Crippen LogP contribution in [0.3, 0.4) is 0 Å². The lowest BCUT2D eigenvalue weighted by molar-refractivity contribution is -0.142. The fourth-order valence-electron chi connectivity index (χ4n) is 3.54. The summed E-state index contributed by atoms with van der Waals surface area (Å²) in [7, 11) is 0. The Bertz CT molecular complexity index is 541. The summed E-state index contributed by atoms with van der Waals surface area (Å²) in [6.07, 6.45) is 2.89. The van der Waals surface area contributed by atoms with Crippen molar-refractivity contribution in [3.05, 3.63) is 35.6 Å². The molecule has 2 fully saturated rings. The van der Waals surface area contributed by atoms with Crippen LogP contribution in [-0.4, -0.2) is 43.2 Å². The third kappa shape index (κ3) is 3.67. The van der Waals surface area contributed by atoms with Crippen LogP contribution in [0.5, 0.6) is 0 Å². The molecule has 0 unspecified atom stereocenters. The summed E-state index contributed by atoms with van der Waals surface area (Å²) >= 11 is 0. The number of piperidine rings is 1. The molecule has 6 heteroatoms. The number of carbonyl (C=O) groups excluding carboxylic acids is 1. The number of amides is 1. The summed E-state index contributed by atoms with van der Waals surface area (Å²) in [6.45, 7) is 2.46. The van der Waals surface area contributed by atoms with Crippen LogP contribution in [0.15, 0.2) is 24.3 Å². The minimum absolute atomic E-state index is 0. The first-order chi connectivity index (χ1) is 10.6. The van der Waals surface area contributed by atoms with Crippen molar-refractivity contribution in [3.8, 4) is 0 Å². The molecule has 23 heavy (non-hydrogen) atoms. The molecule has 0 aliphatic carbocycles. The maximum absolute atomic E-state index is 13.7. The molecular formula is C17H24ClFN2O2. The Kier molecular flexibility index (Phi) is 6.00. The predicted molar refractivity (Wildman–Crippen MR) is 89.2 cm³/mol. The second kappa shape index (κ2) is 7.60. The van der Waals surface area contributed by atoms with Gasteiger partial charge >= 0.3 is 0 Å². The maximum atomic E-state index is 13.7. The summed E-state index contributed by atoms with van der Waals surface area (Å²) in [5, 5.41) is 0. The molecule has 4 nitrogen and oxygen atoms in total. The number of likely N-dealkylation sites (tertiary alicyclic amines) is 1. The van der Waals surface area contributed by atoms with Gasteiger partial charge in [0.25, 0.3) is 0 Å². The molecule has 0 bridgehead atoms. The first kappa shape index (κ1) is 18.2. The van der Waals surface area contributed by atoms with Gasteiger partial charge in [-0.15, -0.1) is 12.4 Å². The van der Waals surface area contributed by atoms with Gasteiger partial charge in [0.05, 0.1) is 5.41 Å². The SMILES string of the molecule is Cl.NC1CCN(C(=O)C2(c3cccc(F)c3)CCOCC2)CC1. The highest BCUT2D eigenvalue weighted by molar-refractivity contribution is 5.88. The Labute approximate surface area is 142 Å². The molecule has 1 aromatic rings. The number of carbonyl (C=O) groups is 1. The van der Waals surface area contributed by atoms with E-state index in [4.69, 9.17) is 10.5 Å². The summed E-state index contributed by atoms with van der Waals surface area (Å²) in [4.78, 5) is 15.1. The van der Waals surface area contributed by atoms with Crippen LogP contribution in [0, 0.1) is 5.82 Å². The van der Waals surface area contributed by atoms with Crippen molar-refractivity contribution in [1.82, 2.24) is 4.90 Å². The zero-order valence-electron chi connectivity index (χ0n) is 13.2. The van der Waals surface area contributed by atoms with Crippen LogP contribution in [-0.2, 0) is 14.9 Å². The highest BCUT2D eigenvalue weighted by Gasteiger charge is 2.44. The van der Waals surface area contributed by atoms with Crippen molar-refractivity contribution in [1.29, 1.82) is 0 Å². The van der Waals surface area contributed by atoms with Gasteiger partial charge < -0.3 is 15.4 Å². The van der Waals surface area contributed by atoms with E-state index in [9.17, 15) is 9.18 Å². The molecule has 0 spiro atoms. The van der Waals surface area contributed by atoms with Gasteiger partial charge in [-0.2, -0.15) is 0 Å². The molecule has 2 aliphatic heterocycles. The Morgan fingerprint density at radius 2 is 1.91 bits per heavy atom. The maximum Gasteiger partial charge on any atom is 0.233 e. The van der Waals surface area contributed by atoms with Gasteiger partial charge in [0.15, 0.2) is 0 Å². The number of nitrogens with two attached hydrogens (primary N) is 1. The minimum atomic E-state index is -0.651. The molecule has 1 amide bonds. The van der Waals surface area contributed by atoms with E-state index in [0.717, 1.165) is 18.4 Å². The van der Waals surface area contributed by atoms with Crippen molar-refractivity contribution in [3.63, 3.8) is 0 Å². The molecule has 2 heterocycles. The average Bonchev–Trinajstić information content (AvgIpc) is 2.55. The fraction of sp³-hybridized carbons (Fsp3) is 0.588. The number of nitrogens with zero attached hydrogens (tertiary/aromatic N) is 1. The van der Waals surface area contributed by atoms with E-state index < -0.39 is 5.41 Å². The molecule has 0 radical (unpaired) electrons. The minimum Gasteiger partial charge on any atom is -0.381 e. The number of benzene rings is 1. The van der Waals surface area contributed by atoms with Crippen LogP contribution in [0.2, 0.25) is 0 Å². The second-order valence-corrected chi connectivity index (χ2v) is 6.33. The van der Waals surface area contributed by atoms with E-state index in [0.29, 0.717) is 39.1 Å². The first-order valence-corrected chi connectivity index (χ1v) is 8.00. The molecule has 3 rings (SSSR count). The molecule has 0 aromatic heterocycles. The van der Waals surface area contributed by atoms with Gasteiger partial charge in [-0.1, -0.05) is 12.1 Å². The third-order valence-corrected chi connectivity index (χ3v) is 4.96. The molecule has 1 aromatic carbocycles. The molecule has 2 aliphatic rings. The van der Waals surface area contributed by atoms with E-state index in [1.807, 2.05) is 11.0 Å². The molecular weight excluding hydrogens is 319 g/mol. The number of hydrogen-bond donors (Lipinski definition) is 1. The Morgan fingerprint density at radius 1 is 1.26 bits per heavy atom. The van der Waals surface area contributed by atoms with Crippen LogP contribution in [0.4, 0.5) is 4.39 Å². The van der Waals surface area contributed by atoms with Crippen LogP contribution < -0.4 is 5.73 Å². The molecule has 128 valence electrons. The van der Waals surface area contributed by atoms with Crippen LogP contribution in [0.1, 0.15) is 31.2 Å². The van der Waals surface area contributed by atoms with Gasteiger partial charge in [-0.05, 0) is 43.4 Å². The Morgan fingerprint density at radius 3 is 2.52 bits per heavy atom. The molecule has 2 saturated heterocycles. The van der Waals surface area contributed by atoms with E-state index in [1.54, 1.807) is 6.07 Å². The average molecular weight is 343 g/mol. The quantitative estimate of drug-likeness (QED) is 0.896. The van der Waals surface area contributed by atoms with Crippen molar-refractivity contribution in [2.75, 3.05) is 26.3 Å². The van der Waals surface area contributed by atoms with Gasteiger partial charge in [0, 0.05) is 32.3 Å². The summed E-state index contributed by atoms with van der Waals surface area (Å²) < 4.78 is 19.1. The lowest BCUT2D eigenvalue weighted by Gasteiger charge is -2.42. The van der Waals surface area contributed by atoms with Crippen molar-refractivity contribution >= 4 is 18.3 Å². The summed E-state index contributed by atoms with van der Waals surface area (Å²) in [6, 6.07) is 6.65. The van der Waals surface area contributed by atoms with Gasteiger partial charge in [0.1, 0.15) is 5.82 Å². The topological polar surface area (TPSA) is 55.6 Å². The fourth-order valence-corrected chi connectivity index (χ4v) is 3.54. The Balaban J connectivity index is 0.00000192. The van der Waals surface area contributed by atoms with E-state index >= 15 is 0 Å². The third-order valence-electron chi connectivity index (χ3n) is 4.96. The van der Waals surface area contributed by atoms with Crippen LogP contribution in [0.25, 0.3) is 0 Å². The summed E-state index contributed by atoms with van der Waals surface area (Å²) in [5.74, 6) is -0.190. The Hall–Kier alpha value is -1.17. The zero-order valence-corrected chi connectivity index (χ0v) is 14.0. The highest BCUT2D eigenvalue weighted by atomic mass is 35.5. The lowest BCUT2D eigenvalue weighted by Crippen LogP contribution is -2.53. The van der Waals surface area contributed by atoms with Crippen molar-refractivity contribution in [2.45, 2.75) is 37.1 Å². The van der Waals surface area contributed by atoms with Gasteiger partial charge in [0.2, 0.25) is 5.91 Å². The van der Waals surface area contributed by atoms with Crippen molar-refractivity contribution in [2.24, 2.45) is 5.73 Å². The largest absolute Gasteiger partial charge is 0.381 e. The van der Waals surface area contributed by atoms with E-state index in [1.165, 1.54) is 12.1 Å². The summed E-state index contributed by atoms with van der Waals surface area (Å²) in [5.41, 5.74) is 6.05. The first-order valence-electron chi connectivity index (χ1n) is 8.00. The van der Waals surface area contributed by atoms with Gasteiger partial charge in [-0.3, -0.25) is 4.79 Å². The number of rotatable bonds is 2. The number of ether oxygens (including phenoxy) is 1. The monoisotopic (exact) mass is 342 g/mol. The van der Waals surface area contributed by atoms with E-state index in [-0.39, 0.29) is 30.2 Å². The predicted octanol–water partition coefficient (Wildman–Crippen LogP) is 2.25. The van der Waals surface area contributed by atoms with E-state index in [2.05, 4.69) is 0 Å². The van der Waals surface area contributed by atoms with Crippen molar-refractivity contribution < 1.29 is 13.9 Å². The standard InChI is InChI=1S/C17H23FN2O2.ClH/c18-14-3-1-2-13(12-14)17(6-10-22-11-7-17)16(21)20-8-4-15(19)5-9-20;/h1-3,12,15H,4-11,19H2;1H. The molecule has 0 saturated carbocycles. The lowest BCUT2D eigenvalue weighted by atomic mass is 9.72. The smallest absolute Gasteiger partial charge is 0.233 e.